The van der Waals surface area contributed by atoms with E-state index in [0.717, 1.165) is 21.6 Å². The topological polar surface area (TPSA) is 58.9 Å². The average Bonchev–Trinajstić information content (AvgIpc) is 2.82. The molecule has 2 aliphatic rings. The molecular formula is C10H12N2O2S3. The van der Waals surface area contributed by atoms with Crippen molar-refractivity contribution in [3.05, 3.63) is 0 Å². The van der Waals surface area contributed by atoms with Crippen LogP contribution in [0, 0.1) is 0 Å². The monoisotopic (exact) mass is 288 g/mol. The fourth-order valence-electron chi connectivity index (χ4n) is 1.41. The Bertz CT molecular complexity index is 382. The Morgan fingerprint density at radius 2 is 1.41 bits per heavy atom. The zero-order chi connectivity index (χ0) is 12.4. The maximum Gasteiger partial charge on any atom is 0.260 e. The van der Waals surface area contributed by atoms with Crippen LogP contribution in [0.1, 0.15) is 26.7 Å². The molecule has 0 saturated carbocycles. The number of thioether (sulfide) groups is 3. The molecule has 0 aliphatic carbocycles. The molecule has 0 spiro atoms. The zero-order valence-electron chi connectivity index (χ0n) is 9.50. The van der Waals surface area contributed by atoms with Gasteiger partial charge in [0.25, 0.3) is 11.8 Å². The van der Waals surface area contributed by atoms with Crippen LogP contribution in [0.15, 0.2) is 9.98 Å². The Morgan fingerprint density at radius 3 is 1.71 bits per heavy atom. The van der Waals surface area contributed by atoms with E-state index < -0.39 is 0 Å². The predicted octanol–water partition coefficient (Wildman–Crippen LogP) is 2.54. The second kappa shape index (κ2) is 5.58. The van der Waals surface area contributed by atoms with Gasteiger partial charge in [-0.1, -0.05) is 37.4 Å². The summed E-state index contributed by atoms with van der Waals surface area (Å²) >= 11 is 4.29. The number of hydrogen-bond acceptors (Lipinski definition) is 5. The minimum Gasteiger partial charge on any atom is -0.271 e. The van der Waals surface area contributed by atoms with Crippen molar-refractivity contribution in [1.29, 1.82) is 0 Å². The quantitative estimate of drug-likeness (QED) is 0.781. The van der Waals surface area contributed by atoms with E-state index in [1.165, 1.54) is 35.3 Å². The second-order valence-corrected chi connectivity index (χ2v) is 7.44. The van der Waals surface area contributed by atoms with Crippen LogP contribution in [0.4, 0.5) is 0 Å². The lowest BCUT2D eigenvalue weighted by atomic mass is 10.3. The van der Waals surface area contributed by atoms with Gasteiger partial charge in [-0.05, 0) is 24.6 Å². The molecule has 4 nitrogen and oxygen atoms in total. The van der Waals surface area contributed by atoms with Crippen molar-refractivity contribution >= 4 is 55.9 Å². The predicted molar refractivity (Wildman–Crippen MR) is 75.8 cm³/mol. The van der Waals surface area contributed by atoms with Gasteiger partial charge in [-0.3, -0.25) is 9.59 Å². The van der Waals surface area contributed by atoms with Crippen LogP contribution in [0.25, 0.3) is 0 Å². The second-order valence-electron chi connectivity index (χ2n) is 3.56. The van der Waals surface area contributed by atoms with Gasteiger partial charge in [0.2, 0.25) is 0 Å². The maximum absolute atomic E-state index is 11.4. The maximum atomic E-state index is 11.4. The molecule has 2 heterocycles. The molecule has 7 heteroatoms. The first kappa shape index (κ1) is 13.2. The van der Waals surface area contributed by atoms with Crippen molar-refractivity contribution in [3.8, 4) is 0 Å². The molecule has 2 unspecified atom stereocenters. The van der Waals surface area contributed by atoms with Gasteiger partial charge in [0.1, 0.15) is 8.75 Å². The standard InChI is InChI=1S/C10H12N2O2S3/c1-3-5-7(13)11-9(15-5)17-10-12-8(14)6(4-2)16-10/h5-6H,3-4H2,1-2H3. The summed E-state index contributed by atoms with van der Waals surface area (Å²) in [5.74, 6) is -0.135. The molecule has 2 atom stereocenters. The third-order valence-corrected chi connectivity index (χ3v) is 6.19. The van der Waals surface area contributed by atoms with Gasteiger partial charge in [-0.2, -0.15) is 9.98 Å². The average molecular weight is 288 g/mol. The normalized spacial score (nSPS) is 28.6. The summed E-state index contributed by atoms with van der Waals surface area (Å²) in [5, 5.41) is -0.107. The molecule has 0 aromatic carbocycles. The molecule has 0 N–H and O–H groups in total. The molecule has 2 amide bonds. The summed E-state index contributed by atoms with van der Waals surface area (Å²) in [5.41, 5.74) is 0. The molecule has 0 aromatic heterocycles. The van der Waals surface area contributed by atoms with Crippen LogP contribution < -0.4 is 0 Å². The SMILES string of the molecule is CCC1SC(SC2=NC(=O)C(CC)S2)=NC1=O. The smallest absolute Gasteiger partial charge is 0.260 e. The Hall–Kier alpha value is -0.270. The summed E-state index contributed by atoms with van der Waals surface area (Å²) < 4.78 is 1.44. The summed E-state index contributed by atoms with van der Waals surface area (Å²) in [6.07, 6.45) is 1.57. The number of hydrogen-bond donors (Lipinski definition) is 0. The fourth-order valence-corrected chi connectivity index (χ4v) is 4.95. The summed E-state index contributed by atoms with van der Waals surface area (Å²) in [4.78, 5) is 30.8. The first-order valence-corrected chi connectivity index (χ1v) is 7.97. The fraction of sp³-hybridized carbons (Fsp3) is 0.600. The van der Waals surface area contributed by atoms with Crippen LogP contribution in [0.2, 0.25) is 0 Å². The first-order chi connectivity index (χ1) is 8.13. The molecule has 0 bridgehead atoms. The highest BCUT2D eigenvalue weighted by Crippen LogP contribution is 2.37. The lowest BCUT2D eigenvalue weighted by molar-refractivity contribution is -0.117. The van der Waals surface area contributed by atoms with Gasteiger partial charge < -0.3 is 0 Å². The van der Waals surface area contributed by atoms with Crippen LogP contribution in [-0.4, -0.2) is 31.1 Å². The van der Waals surface area contributed by atoms with E-state index in [4.69, 9.17) is 0 Å². The zero-order valence-corrected chi connectivity index (χ0v) is 12.0. The third kappa shape index (κ3) is 2.95. The van der Waals surface area contributed by atoms with Gasteiger partial charge in [0.05, 0.1) is 10.5 Å². The number of nitrogens with zero attached hydrogens (tertiary/aromatic N) is 2. The lowest BCUT2D eigenvalue weighted by Gasteiger charge is -2.02. The number of rotatable bonds is 2. The molecule has 2 rings (SSSR count). The molecule has 0 radical (unpaired) electrons. The summed E-state index contributed by atoms with van der Waals surface area (Å²) in [7, 11) is 0. The Labute approximate surface area is 112 Å². The Balaban J connectivity index is 1.96. The van der Waals surface area contributed by atoms with Gasteiger partial charge >= 0.3 is 0 Å². The molecule has 0 saturated heterocycles. The summed E-state index contributed by atoms with van der Waals surface area (Å²) in [6.45, 7) is 3.94. The number of aliphatic imine (C=N–C) groups is 2. The van der Waals surface area contributed by atoms with E-state index in [1.807, 2.05) is 13.8 Å². The van der Waals surface area contributed by atoms with Crippen LogP contribution in [-0.2, 0) is 9.59 Å². The van der Waals surface area contributed by atoms with E-state index in [-0.39, 0.29) is 22.3 Å². The Morgan fingerprint density at radius 1 is 1.00 bits per heavy atom. The molecule has 92 valence electrons. The van der Waals surface area contributed by atoms with Crippen molar-refractivity contribution in [2.45, 2.75) is 37.2 Å². The van der Waals surface area contributed by atoms with Crippen LogP contribution in [0.3, 0.4) is 0 Å². The van der Waals surface area contributed by atoms with E-state index in [1.54, 1.807) is 0 Å². The summed E-state index contributed by atoms with van der Waals surface area (Å²) in [6, 6.07) is 0. The third-order valence-electron chi connectivity index (χ3n) is 2.36. The van der Waals surface area contributed by atoms with Gasteiger partial charge in [0.15, 0.2) is 0 Å². The Kier molecular flexibility index (Phi) is 4.32. The number of carbonyl (C=O) groups excluding carboxylic acids is 2. The highest BCUT2D eigenvalue weighted by Gasteiger charge is 2.32. The first-order valence-electron chi connectivity index (χ1n) is 5.40. The molecule has 0 fully saturated rings. The minimum absolute atomic E-state index is 0.0535. The van der Waals surface area contributed by atoms with Crippen molar-refractivity contribution < 1.29 is 9.59 Å². The van der Waals surface area contributed by atoms with Crippen LogP contribution in [0.5, 0.6) is 0 Å². The van der Waals surface area contributed by atoms with Gasteiger partial charge in [-0.25, -0.2) is 0 Å². The number of amides is 2. The largest absolute Gasteiger partial charge is 0.271 e. The molecule has 2 aliphatic heterocycles. The minimum atomic E-state index is -0.0676. The van der Waals surface area contributed by atoms with Gasteiger partial charge in [0, 0.05) is 0 Å². The lowest BCUT2D eigenvalue weighted by Crippen LogP contribution is -2.07. The highest BCUT2D eigenvalue weighted by molar-refractivity contribution is 8.54. The van der Waals surface area contributed by atoms with E-state index in [0.29, 0.717) is 0 Å². The molecule has 0 aromatic rings. The van der Waals surface area contributed by atoms with Crippen molar-refractivity contribution in [2.75, 3.05) is 0 Å². The van der Waals surface area contributed by atoms with Crippen molar-refractivity contribution in [1.82, 2.24) is 0 Å². The van der Waals surface area contributed by atoms with Crippen molar-refractivity contribution in [3.63, 3.8) is 0 Å². The molecule has 17 heavy (non-hydrogen) atoms. The molecular weight excluding hydrogens is 276 g/mol. The van der Waals surface area contributed by atoms with Crippen molar-refractivity contribution in [2.24, 2.45) is 9.98 Å². The van der Waals surface area contributed by atoms with Crippen LogP contribution >= 0.6 is 35.3 Å². The van der Waals surface area contributed by atoms with E-state index in [2.05, 4.69) is 9.98 Å². The highest BCUT2D eigenvalue weighted by atomic mass is 32.2. The van der Waals surface area contributed by atoms with E-state index in [9.17, 15) is 9.59 Å². The van der Waals surface area contributed by atoms with E-state index >= 15 is 0 Å². The number of carbonyl (C=O) groups is 2. The van der Waals surface area contributed by atoms with Gasteiger partial charge in [-0.15, -0.1) is 0 Å².